The van der Waals surface area contributed by atoms with Crippen LogP contribution in [-0.2, 0) is 6.42 Å². The number of hydrogen-bond donors (Lipinski definition) is 1. The van der Waals surface area contributed by atoms with E-state index in [0.717, 1.165) is 36.5 Å². The molecule has 2 heterocycles. The Bertz CT molecular complexity index is 1330. The van der Waals surface area contributed by atoms with Crippen LogP contribution in [0, 0.1) is 0 Å². The number of fused-ring (bicyclic) bond motifs is 2. The van der Waals surface area contributed by atoms with Crippen molar-refractivity contribution in [3.8, 4) is 0 Å². The minimum atomic E-state index is -0.165. The van der Waals surface area contributed by atoms with E-state index in [4.69, 9.17) is 39.9 Å². The summed E-state index contributed by atoms with van der Waals surface area (Å²) in [6, 6.07) is 10.4. The molecule has 1 aromatic heterocycles. The molecule has 0 bridgehead atoms. The van der Waals surface area contributed by atoms with Gasteiger partial charge in [0.25, 0.3) is 0 Å². The van der Waals surface area contributed by atoms with Gasteiger partial charge in [0.1, 0.15) is 0 Å². The molecule has 1 saturated heterocycles. The number of nitrogens with zero attached hydrogens (tertiary/aromatic N) is 4. The minimum absolute atomic E-state index is 0.0592. The van der Waals surface area contributed by atoms with E-state index in [-0.39, 0.29) is 11.3 Å². The van der Waals surface area contributed by atoms with Crippen molar-refractivity contribution < 1.29 is 5.21 Å². The lowest BCUT2D eigenvalue weighted by atomic mass is 9.80. The van der Waals surface area contributed by atoms with Gasteiger partial charge in [-0.2, -0.15) is 9.83 Å². The number of halogens is 3. The molecule has 1 fully saturated rings. The predicted octanol–water partition coefficient (Wildman–Crippen LogP) is 4.88. The van der Waals surface area contributed by atoms with Crippen molar-refractivity contribution in [1.29, 1.82) is 0 Å². The van der Waals surface area contributed by atoms with Crippen LogP contribution in [-0.4, -0.2) is 58.8 Å². The Morgan fingerprint density at radius 2 is 1.67 bits per heavy atom. The summed E-state index contributed by atoms with van der Waals surface area (Å²) in [5.41, 5.74) is 2.82. The third-order valence-electron chi connectivity index (χ3n) is 6.51. The topological polar surface area (TPSA) is 61.1 Å². The first-order chi connectivity index (χ1) is 15.8. The average Bonchev–Trinajstić information content (AvgIpc) is 2.78. The molecular weight excluding hydrogens is 483 g/mol. The Morgan fingerprint density at radius 3 is 2.39 bits per heavy atom. The number of likely N-dealkylation sites (N-methyl/N-ethyl adjacent to an activating group) is 1. The molecule has 2 aliphatic rings. The Morgan fingerprint density at radius 1 is 0.970 bits per heavy atom. The van der Waals surface area contributed by atoms with E-state index in [0.29, 0.717) is 55.8 Å². The van der Waals surface area contributed by atoms with Crippen molar-refractivity contribution >= 4 is 51.4 Å². The van der Waals surface area contributed by atoms with Gasteiger partial charge in [-0.05, 0) is 61.7 Å². The molecule has 0 amide bonds. The van der Waals surface area contributed by atoms with Crippen LogP contribution in [0.2, 0.25) is 15.1 Å². The number of aromatic nitrogens is 1. The van der Waals surface area contributed by atoms with Crippen LogP contribution in [0.25, 0.3) is 10.9 Å². The predicted molar refractivity (Wildman–Crippen MR) is 134 cm³/mol. The minimum Gasteiger partial charge on any atom is -0.428 e. The van der Waals surface area contributed by atoms with Gasteiger partial charge in [-0.25, -0.2) is 0 Å². The first-order valence-corrected chi connectivity index (χ1v) is 12.0. The van der Waals surface area contributed by atoms with Gasteiger partial charge in [-0.15, -0.1) is 0 Å². The van der Waals surface area contributed by atoms with Crippen LogP contribution in [0.5, 0.6) is 0 Å². The zero-order valence-corrected chi connectivity index (χ0v) is 20.3. The van der Waals surface area contributed by atoms with Crippen LogP contribution in [0.3, 0.4) is 0 Å². The Balaban J connectivity index is 1.69. The van der Waals surface area contributed by atoms with Gasteiger partial charge in [-0.1, -0.05) is 40.9 Å². The molecular formula is C24H23Cl3N4O2. The molecule has 1 aliphatic heterocycles. The summed E-state index contributed by atoms with van der Waals surface area (Å²) >= 11 is 18.8. The maximum Gasteiger partial charge on any atom is 0.199 e. The molecule has 9 heteroatoms. The highest BCUT2D eigenvalue weighted by atomic mass is 35.5. The largest absolute Gasteiger partial charge is 0.428 e. The van der Waals surface area contributed by atoms with E-state index in [1.165, 1.54) is 0 Å². The third kappa shape index (κ3) is 4.21. The fourth-order valence-corrected chi connectivity index (χ4v) is 5.46. The van der Waals surface area contributed by atoms with Crippen molar-refractivity contribution in [2.75, 3.05) is 33.2 Å². The summed E-state index contributed by atoms with van der Waals surface area (Å²) in [6.07, 6.45) is 0.977. The second-order valence-corrected chi connectivity index (χ2v) is 9.98. The number of benzene rings is 2. The molecule has 2 aromatic carbocycles. The summed E-state index contributed by atoms with van der Waals surface area (Å²) in [6.45, 7) is 3.34. The van der Waals surface area contributed by atoms with E-state index in [9.17, 15) is 10.0 Å². The smallest absolute Gasteiger partial charge is 0.199 e. The van der Waals surface area contributed by atoms with Crippen molar-refractivity contribution in [1.82, 2.24) is 14.6 Å². The van der Waals surface area contributed by atoms with Gasteiger partial charge >= 0.3 is 0 Å². The van der Waals surface area contributed by atoms with Gasteiger partial charge in [0.2, 0.25) is 0 Å². The zero-order chi connectivity index (χ0) is 23.3. The van der Waals surface area contributed by atoms with Gasteiger partial charge in [0, 0.05) is 41.2 Å². The van der Waals surface area contributed by atoms with Crippen molar-refractivity contribution in [3.63, 3.8) is 0 Å². The average molecular weight is 506 g/mol. The van der Waals surface area contributed by atoms with E-state index < -0.39 is 0 Å². The number of pyridine rings is 1. The zero-order valence-electron chi connectivity index (χ0n) is 18.1. The van der Waals surface area contributed by atoms with Crippen LogP contribution in [0.1, 0.15) is 29.2 Å². The van der Waals surface area contributed by atoms with E-state index in [1.807, 2.05) is 17.1 Å². The molecule has 172 valence electrons. The molecule has 1 atom stereocenters. The maximum absolute atomic E-state index is 13.6. The van der Waals surface area contributed by atoms with E-state index in [2.05, 4.69) is 11.9 Å². The lowest BCUT2D eigenvalue weighted by Gasteiger charge is -2.33. The van der Waals surface area contributed by atoms with Crippen LogP contribution in [0.4, 0.5) is 0 Å². The van der Waals surface area contributed by atoms with Crippen molar-refractivity contribution in [3.05, 3.63) is 78.5 Å². The van der Waals surface area contributed by atoms with Gasteiger partial charge < -0.3 is 10.1 Å². The van der Waals surface area contributed by atoms with Gasteiger partial charge in [0.15, 0.2) is 5.43 Å². The highest BCUT2D eigenvalue weighted by molar-refractivity contribution is 6.35. The summed E-state index contributed by atoms with van der Waals surface area (Å²) < 4.78 is 1.11. The standard InChI is InChI=1S/C24H23Cl3N4O2/c1-29-6-8-30(9-7-29)28-20-10-14(17-4-2-16(26)13-19(17)27)11-22-23(20)24(32)18-12-15(25)3-5-21(18)31(22)33/h2-5,12-14,33H,6-11H2,1H3. The lowest BCUT2D eigenvalue weighted by Crippen LogP contribution is -2.43. The summed E-state index contributed by atoms with van der Waals surface area (Å²) in [4.78, 5) is 15.9. The summed E-state index contributed by atoms with van der Waals surface area (Å²) in [5, 5.41) is 20.0. The summed E-state index contributed by atoms with van der Waals surface area (Å²) in [7, 11) is 2.08. The third-order valence-corrected chi connectivity index (χ3v) is 7.31. The first-order valence-electron chi connectivity index (χ1n) is 10.8. The first kappa shape index (κ1) is 22.5. The van der Waals surface area contributed by atoms with Gasteiger partial charge in [-0.3, -0.25) is 9.80 Å². The monoisotopic (exact) mass is 504 g/mol. The highest BCUT2D eigenvalue weighted by Gasteiger charge is 2.32. The lowest BCUT2D eigenvalue weighted by molar-refractivity contribution is 0.158. The molecule has 0 radical (unpaired) electrons. The molecule has 0 spiro atoms. The number of piperazine rings is 1. The molecule has 0 saturated carbocycles. The molecule has 6 nitrogen and oxygen atoms in total. The molecule has 3 aromatic rings. The van der Waals surface area contributed by atoms with Crippen LogP contribution < -0.4 is 5.43 Å². The quantitative estimate of drug-likeness (QED) is 0.504. The number of hydrazone groups is 1. The fraction of sp³-hybridized carbons (Fsp3) is 0.333. The van der Waals surface area contributed by atoms with Crippen molar-refractivity contribution in [2.24, 2.45) is 5.10 Å². The van der Waals surface area contributed by atoms with Gasteiger partial charge in [0.05, 0.1) is 27.9 Å². The SMILES string of the molecule is CN1CCN(N=C2CC(c3ccc(Cl)cc3Cl)Cc3c2c(=O)c2cc(Cl)ccc2n3O)CC1. The highest BCUT2D eigenvalue weighted by Crippen LogP contribution is 2.37. The van der Waals surface area contributed by atoms with Crippen LogP contribution >= 0.6 is 34.8 Å². The molecule has 5 rings (SSSR count). The fourth-order valence-electron chi connectivity index (χ4n) is 4.73. The Hall–Kier alpha value is -2.25. The second-order valence-electron chi connectivity index (χ2n) is 8.70. The van der Waals surface area contributed by atoms with E-state index >= 15 is 0 Å². The number of rotatable bonds is 2. The molecule has 1 N–H and O–H groups in total. The van der Waals surface area contributed by atoms with E-state index in [1.54, 1.807) is 24.3 Å². The van der Waals surface area contributed by atoms with Crippen molar-refractivity contribution in [2.45, 2.75) is 18.8 Å². The number of hydrogen-bond acceptors (Lipinski definition) is 5. The normalized spacial score (nSPS) is 20.4. The Labute approximate surface area is 206 Å². The second kappa shape index (κ2) is 8.84. The Kier molecular flexibility index (Phi) is 6.04. The molecule has 1 aliphatic carbocycles. The molecule has 33 heavy (non-hydrogen) atoms. The maximum atomic E-state index is 13.6. The van der Waals surface area contributed by atoms with Crippen LogP contribution in [0.15, 0.2) is 46.3 Å². The summed E-state index contributed by atoms with van der Waals surface area (Å²) in [5.74, 6) is -0.0592. The molecule has 1 unspecified atom stereocenters.